The molecule has 1 aromatic rings. The van der Waals surface area contributed by atoms with Gasteiger partial charge in [0.05, 0.1) is 0 Å². The maximum atomic E-state index is 13.0. The second kappa shape index (κ2) is 4.64. The molecule has 3 nitrogen and oxygen atoms in total. The van der Waals surface area contributed by atoms with E-state index in [1.807, 2.05) is 13.8 Å². The predicted octanol–water partition coefficient (Wildman–Crippen LogP) is 2.58. The molecule has 2 rings (SSSR count). The fourth-order valence-corrected chi connectivity index (χ4v) is 2.07. The van der Waals surface area contributed by atoms with E-state index in [1.54, 1.807) is 12.4 Å². The number of aryl methyl sites for hydroxylation is 1. The van der Waals surface area contributed by atoms with E-state index < -0.39 is 5.92 Å². The fraction of sp³-hybridized carbons (Fsp3) is 0.667. The van der Waals surface area contributed by atoms with E-state index in [-0.39, 0.29) is 18.9 Å². The van der Waals surface area contributed by atoms with Crippen LogP contribution in [0.5, 0.6) is 0 Å². The molecule has 0 radical (unpaired) electrons. The Bertz CT molecular complexity index is 368. The predicted molar refractivity (Wildman–Crippen MR) is 60.9 cm³/mol. The van der Waals surface area contributed by atoms with Crippen LogP contribution in [0.15, 0.2) is 12.4 Å². The number of halogens is 2. The number of piperidine rings is 1. The van der Waals surface area contributed by atoms with Crippen molar-refractivity contribution in [3.05, 3.63) is 23.8 Å². The van der Waals surface area contributed by atoms with Gasteiger partial charge in [0.2, 0.25) is 0 Å². The molecule has 1 aliphatic heterocycles. The second-order valence-electron chi connectivity index (χ2n) is 4.63. The topological polar surface area (TPSA) is 29.0 Å². The molecule has 1 unspecified atom stereocenters. The lowest BCUT2D eigenvalue weighted by Gasteiger charge is -2.35. The van der Waals surface area contributed by atoms with Gasteiger partial charge in [-0.25, -0.2) is 18.7 Å². The van der Waals surface area contributed by atoms with E-state index in [0.29, 0.717) is 13.1 Å². The van der Waals surface area contributed by atoms with Gasteiger partial charge in [-0.05, 0) is 13.8 Å². The van der Waals surface area contributed by atoms with Gasteiger partial charge in [0, 0.05) is 49.9 Å². The molecule has 0 aliphatic carbocycles. The largest absolute Gasteiger partial charge is 0.296 e. The van der Waals surface area contributed by atoms with Crippen molar-refractivity contribution in [2.75, 3.05) is 13.1 Å². The van der Waals surface area contributed by atoms with E-state index in [0.717, 1.165) is 11.4 Å². The maximum Gasteiger partial charge on any atom is 0.250 e. The van der Waals surface area contributed by atoms with Gasteiger partial charge in [0.1, 0.15) is 5.82 Å². The Balaban J connectivity index is 2.01. The molecule has 1 aliphatic rings. The quantitative estimate of drug-likeness (QED) is 0.797. The number of rotatable bonds is 2. The molecule has 1 aromatic heterocycles. The lowest BCUT2D eigenvalue weighted by molar-refractivity contribution is -0.0620. The maximum absolute atomic E-state index is 13.0. The molecule has 17 heavy (non-hydrogen) atoms. The minimum absolute atomic E-state index is 0.0515. The monoisotopic (exact) mass is 241 g/mol. The van der Waals surface area contributed by atoms with Crippen molar-refractivity contribution >= 4 is 0 Å². The van der Waals surface area contributed by atoms with Crippen LogP contribution in [-0.4, -0.2) is 33.9 Å². The molecule has 0 aromatic carbocycles. The van der Waals surface area contributed by atoms with Crippen LogP contribution in [0.1, 0.15) is 37.2 Å². The van der Waals surface area contributed by atoms with E-state index in [4.69, 9.17) is 0 Å². The first-order chi connectivity index (χ1) is 7.98. The molecule has 5 heteroatoms. The first-order valence-electron chi connectivity index (χ1n) is 5.88. The lowest BCUT2D eigenvalue weighted by Crippen LogP contribution is -2.40. The molecule has 1 atom stereocenters. The van der Waals surface area contributed by atoms with Gasteiger partial charge in [0.25, 0.3) is 5.92 Å². The van der Waals surface area contributed by atoms with E-state index in [1.165, 1.54) is 0 Å². The Labute approximate surface area is 99.9 Å². The summed E-state index contributed by atoms with van der Waals surface area (Å²) in [5, 5.41) is 0. The molecule has 94 valence electrons. The van der Waals surface area contributed by atoms with Crippen molar-refractivity contribution in [3.63, 3.8) is 0 Å². The van der Waals surface area contributed by atoms with Gasteiger partial charge in [-0.2, -0.15) is 0 Å². The molecular weight excluding hydrogens is 224 g/mol. The average molecular weight is 241 g/mol. The molecule has 0 saturated carbocycles. The Morgan fingerprint density at radius 1 is 1.24 bits per heavy atom. The summed E-state index contributed by atoms with van der Waals surface area (Å²) in [5.74, 6) is -1.76. The number of aromatic nitrogens is 2. The molecule has 2 heterocycles. The third-order valence-corrected chi connectivity index (χ3v) is 3.36. The number of hydrogen-bond donors (Lipinski definition) is 0. The zero-order valence-electron chi connectivity index (χ0n) is 10.2. The first kappa shape index (κ1) is 12.4. The van der Waals surface area contributed by atoms with Crippen LogP contribution in [0.25, 0.3) is 0 Å². The van der Waals surface area contributed by atoms with Gasteiger partial charge in [-0.3, -0.25) is 4.90 Å². The van der Waals surface area contributed by atoms with E-state index in [2.05, 4.69) is 14.9 Å². The molecular formula is C12H17F2N3. The fourth-order valence-electron chi connectivity index (χ4n) is 2.07. The zero-order chi connectivity index (χ0) is 12.5. The third kappa shape index (κ3) is 2.97. The van der Waals surface area contributed by atoms with Gasteiger partial charge in [-0.1, -0.05) is 0 Å². The van der Waals surface area contributed by atoms with Gasteiger partial charge in [-0.15, -0.1) is 0 Å². The van der Waals surface area contributed by atoms with Gasteiger partial charge < -0.3 is 0 Å². The smallest absolute Gasteiger partial charge is 0.250 e. The van der Waals surface area contributed by atoms with Crippen LogP contribution in [-0.2, 0) is 0 Å². The SMILES string of the molecule is Cc1ncc(C(C)N2CCC(F)(F)CC2)cn1. The molecule has 0 spiro atoms. The second-order valence-corrected chi connectivity index (χ2v) is 4.63. The van der Waals surface area contributed by atoms with Crippen molar-refractivity contribution in [3.8, 4) is 0 Å². The number of hydrogen-bond acceptors (Lipinski definition) is 3. The first-order valence-corrected chi connectivity index (χ1v) is 5.88. The molecule has 0 N–H and O–H groups in total. The molecule has 1 fully saturated rings. The van der Waals surface area contributed by atoms with Crippen LogP contribution in [0.3, 0.4) is 0 Å². The van der Waals surface area contributed by atoms with E-state index in [9.17, 15) is 8.78 Å². The van der Waals surface area contributed by atoms with Crippen LogP contribution in [0.4, 0.5) is 8.78 Å². The van der Waals surface area contributed by atoms with Crippen molar-refractivity contribution in [2.24, 2.45) is 0 Å². The summed E-state index contributed by atoms with van der Waals surface area (Å²) in [7, 11) is 0. The average Bonchev–Trinajstić information content (AvgIpc) is 2.29. The summed E-state index contributed by atoms with van der Waals surface area (Å²) in [4.78, 5) is 10.3. The summed E-state index contributed by atoms with van der Waals surface area (Å²) in [6.45, 7) is 4.71. The van der Waals surface area contributed by atoms with Crippen molar-refractivity contribution in [1.82, 2.24) is 14.9 Å². The van der Waals surface area contributed by atoms with Gasteiger partial charge >= 0.3 is 0 Å². The Hall–Kier alpha value is -1.10. The van der Waals surface area contributed by atoms with Crippen LogP contribution in [0.2, 0.25) is 0 Å². The standard InChI is InChI=1S/C12H17F2N3/c1-9(11-7-15-10(2)16-8-11)17-5-3-12(13,14)4-6-17/h7-9H,3-6H2,1-2H3. The van der Waals surface area contributed by atoms with Crippen molar-refractivity contribution in [1.29, 1.82) is 0 Å². The Kier molecular flexibility index (Phi) is 3.38. The third-order valence-electron chi connectivity index (χ3n) is 3.36. The van der Waals surface area contributed by atoms with Gasteiger partial charge in [0.15, 0.2) is 0 Å². The molecule has 1 saturated heterocycles. The minimum Gasteiger partial charge on any atom is -0.296 e. The number of alkyl halides is 2. The summed E-state index contributed by atoms with van der Waals surface area (Å²) in [6, 6.07) is 0.103. The Morgan fingerprint density at radius 3 is 2.29 bits per heavy atom. The van der Waals surface area contributed by atoms with Crippen molar-refractivity contribution in [2.45, 2.75) is 38.7 Å². The summed E-state index contributed by atoms with van der Waals surface area (Å²) < 4.78 is 26.1. The summed E-state index contributed by atoms with van der Waals surface area (Å²) in [6.07, 6.45) is 3.45. The minimum atomic E-state index is -2.49. The number of nitrogens with zero attached hydrogens (tertiary/aromatic N) is 3. The van der Waals surface area contributed by atoms with Crippen LogP contribution < -0.4 is 0 Å². The highest BCUT2D eigenvalue weighted by molar-refractivity contribution is 5.10. The normalized spacial score (nSPS) is 22.4. The highest BCUT2D eigenvalue weighted by Gasteiger charge is 2.35. The van der Waals surface area contributed by atoms with Crippen molar-refractivity contribution < 1.29 is 8.78 Å². The van der Waals surface area contributed by atoms with Crippen LogP contribution in [0, 0.1) is 6.92 Å². The molecule has 0 amide bonds. The Morgan fingerprint density at radius 2 is 1.76 bits per heavy atom. The zero-order valence-corrected chi connectivity index (χ0v) is 10.2. The van der Waals surface area contributed by atoms with E-state index >= 15 is 0 Å². The molecule has 0 bridgehead atoms. The lowest BCUT2D eigenvalue weighted by atomic mass is 10.0. The summed E-state index contributed by atoms with van der Waals surface area (Å²) >= 11 is 0. The summed E-state index contributed by atoms with van der Waals surface area (Å²) in [5.41, 5.74) is 0.987. The van der Waals surface area contributed by atoms with Crippen LogP contribution >= 0.6 is 0 Å². The highest BCUT2D eigenvalue weighted by Crippen LogP contribution is 2.31. The number of likely N-dealkylation sites (tertiary alicyclic amines) is 1. The highest BCUT2D eigenvalue weighted by atomic mass is 19.3.